The average Bonchev–Trinajstić information content (AvgIpc) is 3.33. The normalized spacial score (nSPS) is 10.6. The van der Waals surface area contributed by atoms with Gasteiger partial charge >= 0.3 is 11.8 Å². The second-order valence-electron chi connectivity index (χ2n) is 5.84. The van der Waals surface area contributed by atoms with Crippen LogP contribution in [-0.4, -0.2) is 51.4 Å². The first-order valence-electron chi connectivity index (χ1n) is 8.54. The van der Waals surface area contributed by atoms with E-state index in [2.05, 4.69) is 25.9 Å². The van der Waals surface area contributed by atoms with Crippen LogP contribution in [0.25, 0.3) is 0 Å². The van der Waals surface area contributed by atoms with E-state index in [1.807, 2.05) is 0 Å². The highest BCUT2D eigenvalue weighted by Crippen LogP contribution is 2.27. The fourth-order valence-electron chi connectivity index (χ4n) is 2.22. The smallest absolute Gasteiger partial charge is 0.316 e. The van der Waals surface area contributed by atoms with Gasteiger partial charge < -0.3 is 19.9 Å². The van der Waals surface area contributed by atoms with Gasteiger partial charge in [-0.2, -0.15) is 10.1 Å². The maximum Gasteiger partial charge on any atom is 0.316 e. The van der Waals surface area contributed by atoms with Gasteiger partial charge in [-0.05, 0) is 18.2 Å². The summed E-state index contributed by atoms with van der Waals surface area (Å²) in [4.78, 5) is 27.8. The van der Waals surface area contributed by atoms with Crippen molar-refractivity contribution in [3.63, 3.8) is 0 Å². The van der Waals surface area contributed by atoms with Gasteiger partial charge in [0.25, 0.3) is 5.91 Å². The van der Waals surface area contributed by atoms with E-state index in [-0.39, 0.29) is 43.9 Å². The molecule has 3 rings (SSSR count). The molecule has 3 aromatic rings. The molecule has 30 heavy (non-hydrogen) atoms. The number of hydrogen-bond donors (Lipinski definition) is 2. The summed E-state index contributed by atoms with van der Waals surface area (Å²) < 4.78 is 11.7. The molecule has 1 aromatic carbocycles. The number of hydrogen-bond acceptors (Lipinski definition) is 7. The van der Waals surface area contributed by atoms with Gasteiger partial charge in [-0.1, -0.05) is 40.0 Å². The molecule has 0 saturated heterocycles. The van der Waals surface area contributed by atoms with Gasteiger partial charge in [-0.25, -0.2) is 0 Å². The fraction of sp³-hybridized carbons (Fsp3) is 0.235. The van der Waals surface area contributed by atoms with Crippen LogP contribution in [0.2, 0.25) is 15.1 Å². The van der Waals surface area contributed by atoms with Gasteiger partial charge in [-0.3, -0.25) is 14.3 Å². The van der Waals surface area contributed by atoms with Gasteiger partial charge in [0.05, 0.1) is 16.2 Å². The highest BCUT2D eigenvalue weighted by atomic mass is 35.5. The minimum atomic E-state index is -0.564. The first kappa shape index (κ1) is 21.9. The van der Waals surface area contributed by atoms with Crippen LogP contribution >= 0.6 is 34.8 Å². The first-order valence-corrected chi connectivity index (χ1v) is 9.67. The third-order valence-corrected chi connectivity index (χ3v) is 4.28. The van der Waals surface area contributed by atoms with Crippen LogP contribution in [-0.2, 0) is 11.3 Å². The van der Waals surface area contributed by atoms with Crippen molar-refractivity contribution < 1.29 is 18.8 Å². The molecule has 0 unspecified atom stereocenters. The predicted molar refractivity (Wildman–Crippen MR) is 108 cm³/mol. The number of carbonyl (C=O) groups excluding carboxylic acids is 2. The number of nitrogens with zero attached hydrogens (tertiary/aromatic N) is 4. The quantitative estimate of drug-likeness (QED) is 0.456. The molecule has 0 aliphatic carbocycles. The second-order valence-corrected chi connectivity index (χ2v) is 7.12. The van der Waals surface area contributed by atoms with Crippen molar-refractivity contribution in [3.8, 4) is 5.75 Å². The van der Waals surface area contributed by atoms with E-state index in [1.165, 1.54) is 16.9 Å². The van der Waals surface area contributed by atoms with Crippen molar-refractivity contribution in [2.75, 3.05) is 19.7 Å². The van der Waals surface area contributed by atoms with Crippen molar-refractivity contribution in [1.82, 2.24) is 30.6 Å². The zero-order chi connectivity index (χ0) is 21.5. The lowest BCUT2D eigenvalue weighted by atomic mass is 10.3. The molecule has 10 nitrogen and oxygen atoms in total. The molecule has 2 amide bonds. The maximum absolute atomic E-state index is 12.0. The van der Waals surface area contributed by atoms with E-state index >= 15 is 0 Å². The number of carbonyl (C=O) groups is 2. The monoisotopic (exact) mass is 472 g/mol. The SMILES string of the molecule is O=C(COc1ccc(Cl)cc1Cl)NCCNC(=O)c1nc(Cn2cc(Cl)cn2)no1. The second kappa shape index (κ2) is 10.3. The van der Waals surface area contributed by atoms with Gasteiger partial charge in [0, 0.05) is 24.3 Å². The third kappa shape index (κ3) is 6.34. The number of aromatic nitrogens is 4. The summed E-state index contributed by atoms with van der Waals surface area (Å²) in [6, 6.07) is 4.68. The van der Waals surface area contributed by atoms with Crippen molar-refractivity contribution >= 4 is 46.6 Å². The number of nitrogens with one attached hydrogen (secondary N) is 2. The molecular weight excluding hydrogens is 459 g/mol. The van der Waals surface area contributed by atoms with Crippen LogP contribution in [0.4, 0.5) is 0 Å². The van der Waals surface area contributed by atoms with Crippen molar-refractivity contribution in [2.24, 2.45) is 0 Å². The Balaban J connectivity index is 1.35. The topological polar surface area (TPSA) is 124 Å². The molecule has 2 aromatic heterocycles. The molecule has 0 saturated carbocycles. The van der Waals surface area contributed by atoms with Crippen LogP contribution in [0, 0.1) is 0 Å². The lowest BCUT2D eigenvalue weighted by molar-refractivity contribution is -0.123. The molecule has 0 bridgehead atoms. The van der Waals surface area contributed by atoms with Crippen molar-refractivity contribution in [2.45, 2.75) is 6.54 Å². The van der Waals surface area contributed by atoms with Crippen LogP contribution in [0.1, 0.15) is 16.5 Å². The largest absolute Gasteiger partial charge is 0.482 e. The summed E-state index contributed by atoms with van der Waals surface area (Å²) >= 11 is 17.5. The molecular formula is C17H15Cl3N6O4. The Morgan fingerprint density at radius 1 is 1.13 bits per heavy atom. The summed E-state index contributed by atoms with van der Waals surface area (Å²) in [7, 11) is 0. The number of rotatable bonds is 9. The molecule has 0 radical (unpaired) electrons. The fourth-order valence-corrected chi connectivity index (χ4v) is 2.84. The zero-order valence-corrected chi connectivity index (χ0v) is 17.5. The lowest BCUT2D eigenvalue weighted by Gasteiger charge is -2.09. The molecule has 158 valence electrons. The highest BCUT2D eigenvalue weighted by Gasteiger charge is 2.15. The zero-order valence-electron chi connectivity index (χ0n) is 15.3. The maximum atomic E-state index is 12.0. The standard InChI is InChI=1S/C17H15Cl3N6O4/c18-10-1-2-13(12(20)5-10)29-9-15(27)21-3-4-22-16(28)17-24-14(25-30-17)8-26-7-11(19)6-23-26/h1-2,5-7H,3-4,8-9H2,(H,21,27)(H,22,28). The van der Waals surface area contributed by atoms with Crippen molar-refractivity contribution in [1.29, 1.82) is 0 Å². The Morgan fingerprint density at radius 2 is 1.93 bits per heavy atom. The van der Waals surface area contributed by atoms with Gasteiger partial charge in [0.15, 0.2) is 12.4 Å². The Bertz CT molecular complexity index is 1040. The molecule has 0 atom stereocenters. The van der Waals surface area contributed by atoms with Crippen LogP contribution in [0.3, 0.4) is 0 Å². The molecule has 0 fully saturated rings. The molecule has 13 heteroatoms. The minimum absolute atomic E-state index is 0.152. The summed E-state index contributed by atoms with van der Waals surface area (Å²) in [6.07, 6.45) is 3.06. The van der Waals surface area contributed by atoms with E-state index < -0.39 is 5.91 Å². The summed E-state index contributed by atoms with van der Waals surface area (Å²) in [6.45, 7) is 0.296. The molecule has 2 heterocycles. The van der Waals surface area contributed by atoms with Gasteiger partial charge in [0.1, 0.15) is 12.3 Å². The van der Waals surface area contributed by atoms with Gasteiger partial charge in [-0.15, -0.1) is 0 Å². The Labute approximate surface area is 185 Å². The van der Waals surface area contributed by atoms with Gasteiger partial charge in [0.2, 0.25) is 0 Å². The van der Waals surface area contributed by atoms with E-state index in [1.54, 1.807) is 18.3 Å². The Kier molecular flexibility index (Phi) is 7.50. The van der Waals surface area contributed by atoms with E-state index in [0.29, 0.717) is 20.8 Å². The summed E-state index contributed by atoms with van der Waals surface area (Å²) in [5, 5.41) is 14.1. The van der Waals surface area contributed by atoms with Crippen LogP contribution in [0.15, 0.2) is 35.1 Å². The highest BCUT2D eigenvalue weighted by molar-refractivity contribution is 6.35. The van der Waals surface area contributed by atoms with Crippen LogP contribution < -0.4 is 15.4 Å². The summed E-state index contributed by atoms with van der Waals surface area (Å²) in [5.41, 5.74) is 0. The molecule has 2 N–H and O–H groups in total. The van der Waals surface area contributed by atoms with Crippen LogP contribution in [0.5, 0.6) is 5.75 Å². The number of benzene rings is 1. The molecule has 0 spiro atoms. The lowest BCUT2D eigenvalue weighted by Crippen LogP contribution is -2.36. The number of halogens is 3. The molecule has 0 aliphatic heterocycles. The third-order valence-electron chi connectivity index (χ3n) is 3.55. The van der Waals surface area contributed by atoms with E-state index in [9.17, 15) is 9.59 Å². The van der Waals surface area contributed by atoms with E-state index in [4.69, 9.17) is 44.1 Å². The Morgan fingerprint density at radius 3 is 2.67 bits per heavy atom. The minimum Gasteiger partial charge on any atom is -0.482 e. The van der Waals surface area contributed by atoms with E-state index in [0.717, 1.165) is 0 Å². The molecule has 0 aliphatic rings. The predicted octanol–water partition coefficient (Wildman–Crippen LogP) is 2.20. The summed E-state index contributed by atoms with van der Waals surface area (Å²) in [5.74, 6) is -0.533. The van der Waals surface area contributed by atoms with Crippen molar-refractivity contribution in [3.05, 3.63) is 57.4 Å². The number of ether oxygens (including phenoxy) is 1. The Hall–Kier alpha value is -2.82. The number of amides is 2. The average molecular weight is 474 g/mol. The first-order chi connectivity index (χ1) is 14.4.